The van der Waals surface area contributed by atoms with E-state index >= 15 is 0 Å². The number of hydrogen-bond donors (Lipinski definition) is 3. The van der Waals surface area contributed by atoms with Gasteiger partial charge in [-0.05, 0) is 57.5 Å². The maximum atomic E-state index is 11.0. The van der Waals surface area contributed by atoms with Gasteiger partial charge in [0.05, 0.1) is 94.4 Å². The monoisotopic (exact) mass is 698 g/mol. The van der Waals surface area contributed by atoms with Crippen LogP contribution in [0.4, 0.5) is 16.4 Å². The van der Waals surface area contributed by atoms with Crippen LogP contribution in [0.5, 0.6) is 0 Å². The molecule has 47 heavy (non-hydrogen) atoms. The van der Waals surface area contributed by atoms with Crippen molar-refractivity contribution in [2.24, 2.45) is 0 Å². The number of aryl methyl sites for hydroxylation is 1. The summed E-state index contributed by atoms with van der Waals surface area (Å²) in [6.45, 7) is 17.1. The number of nitrogens with one attached hydrogen (secondary N) is 2. The summed E-state index contributed by atoms with van der Waals surface area (Å²) >= 11 is 1.22. The summed E-state index contributed by atoms with van der Waals surface area (Å²) in [6.07, 6.45) is 1.16. The molecule has 1 heterocycles. The van der Waals surface area contributed by atoms with E-state index in [0.29, 0.717) is 81.3 Å². The Kier molecular flexibility index (Phi) is 18.8. The normalized spacial score (nSPS) is 11.7. The number of hydrazine groups is 1. The molecule has 0 radical (unpaired) electrons. The Morgan fingerprint density at radius 3 is 2.09 bits per heavy atom. The highest BCUT2D eigenvalue weighted by molar-refractivity contribution is 7.85. The first kappa shape index (κ1) is 40.4. The largest absolute Gasteiger partial charge is 0.377 e. The van der Waals surface area contributed by atoms with Gasteiger partial charge in [-0.2, -0.15) is 13.7 Å². The van der Waals surface area contributed by atoms with Crippen molar-refractivity contribution in [3.05, 3.63) is 40.3 Å². The Labute approximate surface area is 284 Å². The zero-order valence-corrected chi connectivity index (χ0v) is 29.8. The van der Waals surface area contributed by atoms with Gasteiger partial charge in [-0.1, -0.05) is 0 Å². The van der Waals surface area contributed by atoms with Crippen LogP contribution in [-0.4, -0.2) is 122 Å². The highest BCUT2D eigenvalue weighted by Crippen LogP contribution is 2.28. The molecule has 0 aliphatic rings. The Morgan fingerprint density at radius 2 is 1.55 bits per heavy atom. The number of quaternary nitrogens is 1. The molecule has 1 aromatic heterocycles. The summed E-state index contributed by atoms with van der Waals surface area (Å²) in [7, 11) is -3.93. The van der Waals surface area contributed by atoms with E-state index in [9.17, 15) is 18.5 Å². The highest BCUT2D eigenvalue weighted by Gasteiger charge is 2.23. The molecule has 0 spiro atoms. The fraction of sp³-hybridized carbons (Fsp3) is 0.625. The van der Waals surface area contributed by atoms with Crippen LogP contribution in [0.25, 0.3) is 0 Å². The molecule has 2 rings (SSSR count). The van der Waals surface area contributed by atoms with Gasteiger partial charge < -0.3 is 28.3 Å². The number of benzene rings is 1. The Hall–Kier alpha value is -2.81. The minimum absolute atomic E-state index is 0.211. The van der Waals surface area contributed by atoms with Gasteiger partial charge in [0.15, 0.2) is 6.29 Å². The second kappa shape index (κ2) is 21.9. The first-order valence-corrected chi connectivity index (χ1v) is 18.5. The van der Waals surface area contributed by atoms with Gasteiger partial charge in [0.1, 0.15) is 17.6 Å². The van der Waals surface area contributed by atoms with E-state index in [0.717, 1.165) is 60.4 Å². The van der Waals surface area contributed by atoms with Crippen molar-refractivity contribution in [2.45, 2.75) is 34.1 Å². The number of aldehydes is 1. The van der Waals surface area contributed by atoms with E-state index in [1.165, 1.54) is 11.3 Å². The maximum absolute atomic E-state index is 11.0. The van der Waals surface area contributed by atoms with Gasteiger partial charge in [0.2, 0.25) is 0 Å². The number of likely N-dealkylation sites (N-methyl/N-ethyl adjacent to an activating group) is 2. The molecule has 0 atom stereocenters. The van der Waals surface area contributed by atoms with Gasteiger partial charge >= 0.3 is 0 Å². The van der Waals surface area contributed by atoms with E-state index in [1.807, 2.05) is 19.1 Å². The van der Waals surface area contributed by atoms with Crippen molar-refractivity contribution in [1.29, 1.82) is 5.26 Å². The lowest BCUT2D eigenvalue weighted by Crippen LogP contribution is -2.50. The number of ether oxygens (including phenoxy) is 4. The molecule has 1 aromatic carbocycles. The van der Waals surface area contributed by atoms with Crippen LogP contribution in [0.1, 0.15) is 48.0 Å². The summed E-state index contributed by atoms with van der Waals surface area (Å²) < 4.78 is 54.5. The molecule has 0 saturated carbocycles. The number of nitrogens with zero attached hydrogens (tertiary/aromatic N) is 3. The van der Waals surface area contributed by atoms with Crippen LogP contribution in [0.3, 0.4) is 0 Å². The molecule has 0 saturated heterocycles. The number of nitriles is 1. The standard InChI is InChI=1S/C32H51N5O8S2/c1-5-36(29-9-10-31(27(4)23-29)34-35-32-28(25-33)24-30(26-38)46-32)11-14-42-16-18-44-20-21-45-19-17-43-15-13-37(6-2,7-3)12-8-22-47(39,40)41/h9-10,23-24,26,34H,5-8,11-22H2,1-4H3,(H-,35,38,39,40,41)/p+1. The Morgan fingerprint density at radius 1 is 0.936 bits per heavy atom. The minimum atomic E-state index is -3.93. The van der Waals surface area contributed by atoms with E-state index in [2.05, 4.69) is 48.7 Å². The van der Waals surface area contributed by atoms with E-state index in [1.54, 1.807) is 6.07 Å². The Balaban J connectivity index is 1.54. The van der Waals surface area contributed by atoms with Gasteiger partial charge in [-0.25, -0.2) is 0 Å². The second-order valence-electron chi connectivity index (χ2n) is 11.0. The second-order valence-corrected chi connectivity index (χ2v) is 13.6. The van der Waals surface area contributed by atoms with Crippen molar-refractivity contribution in [1.82, 2.24) is 0 Å². The molecule has 15 heteroatoms. The lowest BCUT2D eigenvalue weighted by atomic mass is 10.1. The molecule has 0 unspecified atom stereocenters. The number of anilines is 3. The van der Waals surface area contributed by atoms with E-state index < -0.39 is 10.1 Å². The van der Waals surface area contributed by atoms with Crippen molar-refractivity contribution >= 4 is 44.1 Å². The van der Waals surface area contributed by atoms with Gasteiger partial charge in [-0.3, -0.25) is 20.2 Å². The zero-order chi connectivity index (χ0) is 34.5. The number of rotatable bonds is 27. The van der Waals surface area contributed by atoms with Crippen LogP contribution in [0.2, 0.25) is 0 Å². The molecule has 0 fully saturated rings. The topological polar surface area (TPSA) is 159 Å². The minimum Gasteiger partial charge on any atom is -0.377 e. The molecular formula is C32H52N5O8S2+. The van der Waals surface area contributed by atoms with Crippen LogP contribution >= 0.6 is 11.3 Å². The van der Waals surface area contributed by atoms with Gasteiger partial charge in [0.25, 0.3) is 10.1 Å². The summed E-state index contributed by atoms with van der Waals surface area (Å²) in [5.74, 6) is -0.211. The zero-order valence-electron chi connectivity index (χ0n) is 28.2. The van der Waals surface area contributed by atoms with Gasteiger partial charge in [0, 0.05) is 25.2 Å². The summed E-state index contributed by atoms with van der Waals surface area (Å²) in [5.41, 5.74) is 9.59. The SMILES string of the molecule is CCN(CCOCCOCCOCCOCC[N+](CC)(CC)CCCS(=O)(=O)O)c1ccc(NNc2sc(C=O)cc2C#N)c(C)c1. The number of hydrogen-bond acceptors (Lipinski definition) is 12. The van der Waals surface area contributed by atoms with Crippen molar-refractivity contribution < 1.29 is 41.2 Å². The highest BCUT2D eigenvalue weighted by atomic mass is 32.2. The van der Waals surface area contributed by atoms with Gasteiger partial charge in [-0.15, -0.1) is 11.3 Å². The van der Waals surface area contributed by atoms with Crippen molar-refractivity contribution in [3.63, 3.8) is 0 Å². The molecule has 0 bridgehead atoms. The fourth-order valence-corrected chi connectivity index (χ4v) is 6.24. The summed E-state index contributed by atoms with van der Waals surface area (Å²) in [6, 6.07) is 9.77. The van der Waals surface area contributed by atoms with Crippen molar-refractivity contribution in [2.75, 3.05) is 114 Å². The maximum Gasteiger partial charge on any atom is 0.265 e. The third kappa shape index (κ3) is 15.3. The van der Waals surface area contributed by atoms with Crippen LogP contribution < -0.4 is 15.8 Å². The van der Waals surface area contributed by atoms with E-state index in [4.69, 9.17) is 23.5 Å². The third-order valence-electron chi connectivity index (χ3n) is 7.96. The predicted octanol–water partition coefficient (Wildman–Crippen LogP) is 4.21. The first-order chi connectivity index (χ1) is 22.6. The van der Waals surface area contributed by atoms with E-state index in [-0.39, 0.29) is 5.75 Å². The molecule has 0 amide bonds. The molecule has 2 aromatic rings. The summed E-state index contributed by atoms with van der Waals surface area (Å²) in [4.78, 5) is 13.8. The number of thiophene rings is 1. The van der Waals surface area contributed by atoms with Crippen molar-refractivity contribution in [3.8, 4) is 6.07 Å². The number of carbonyl (C=O) groups is 1. The molecule has 264 valence electrons. The Bertz CT molecular complexity index is 1350. The lowest BCUT2D eigenvalue weighted by Gasteiger charge is -2.36. The van der Waals surface area contributed by atoms with Crippen LogP contribution in [-0.2, 0) is 29.1 Å². The van der Waals surface area contributed by atoms with Crippen LogP contribution in [0.15, 0.2) is 24.3 Å². The first-order valence-electron chi connectivity index (χ1n) is 16.1. The molecular weight excluding hydrogens is 647 g/mol. The summed E-state index contributed by atoms with van der Waals surface area (Å²) in [5, 5.41) is 9.88. The van der Waals surface area contributed by atoms with Crippen LogP contribution in [0, 0.1) is 18.3 Å². The number of carbonyl (C=O) groups excluding carboxylic acids is 1. The molecule has 3 N–H and O–H groups in total. The average Bonchev–Trinajstić information content (AvgIpc) is 3.47. The predicted molar refractivity (Wildman–Crippen MR) is 186 cm³/mol. The lowest BCUT2D eigenvalue weighted by molar-refractivity contribution is -0.925. The molecule has 13 nitrogen and oxygen atoms in total. The fourth-order valence-electron chi connectivity index (χ4n) is 4.97. The third-order valence-corrected chi connectivity index (χ3v) is 9.74. The average molecular weight is 699 g/mol. The smallest absolute Gasteiger partial charge is 0.265 e. The quantitative estimate of drug-likeness (QED) is 0.0402. The molecule has 0 aliphatic carbocycles. The molecule has 0 aliphatic heterocycles.